The minimum absolute atomic E-state index is 0.104. The van der Waals surface area contributed by atoms with E-state index in [1.165, 1.54) is 12.1 Å². The molecule has 0 spiro atoms. The van der Waals surface area contributed by atoms with Gasteiger partial charge in [-0.05, 0) is 42.0 Å². The average Bonchev–Trinajstić information content (AvgIpc) is 2.46. The minimum atomic E-state index is -0.276. The van der Waals surface area contributed by atoms with Crippen LogP contribution in [0.3, 0.4) is 0 Å². The van der Waals surface area contributed by atoms with Crippen LogP contribution in [0.2, 0.25) is 10.0 Å². The van der Waals surface area contributed by atoms with Gasteiger partial charge in [-0.1, -0.05) is 29.1 Å². The summed E-state index contributed by atoms with van der Waals surface area (Å²) in [6.45, 7) is 0.604. The molecule has 0 aromatic heterocycles. The van der Waals surface area contributed by atoms with Crippen molar-refractivity contribution in [3.8, 4) is 18.1 Å². The number of nitrogens with one attached hydrogen (secondary N) is 1. The molecule has 0 unspecified atom stereocenters. The highest BCUT2D eigenvalue weighted by Gasteiger charge is 2.09. The number of hydrogen-bond acceptors (Lipinski definition) is 2. The molecule has 1 N–H and O–H groups in total. The van der Waals surface area contributed by atoms with E-state index >= 15 is 0 Å². The first kappa shape index (κ1) is 15.5. The number of rotatable bonds is 5. The van der Waals surface area contributed by atoms with Crippen molar-refractivity contribution in [2.75, 3.05) is 11.9 Å². The summed E-state index contributed by atoms with van der Waals surface area (Å²) < 4.78 is 18.1. The van der Waals surface area contributed by atoms with Gasteiger partial charge < -0.3 is 10.1 Å². The quantitative estimate of drug-likeness (QED) is 0.801. The van der Waals surface area contributed by atoms with Crippen molar-refractivity contribution in [3.05, 3.63) is 57.8 Å². The van der Waals surface area contributed by atoms with Gasteiger partial charge in [-0.15, -0.1) is 6.42 Å². The van der Waals surface area contributed by atoms with E-state index in [2.05, 4.69) is 11.2 Å². The van der Waals surface area contributed by atoms with E-state index in [0.717, 1.165) is 11.3 Å². The highest BCUT2D eigenvalue weighted by atomic mass is 35.5. The van der Waals surface area contributed by atoms with Gasteiger partial charge in [0.25, 0.3) is 0 Å². The normalized spacial score (nSPS) is 10.0. The van der Waals surface area contributed by atoms with Crippen LogP contribution >= 0.6 is 23.2 Å². The molecule has 21 heavy (non-hydrogen) atoms. The summed E-state index contributed by atoms with van der Waals surface area (Å²) in [4.78, 5) is 0. The van der Waals surface area contributed by atoms with Crippen LogP contribution in [0.5, 0.6) is 5.75 Å². The maximum Gasteiger partial charge on any atom is 0.157 e. The van der Waals surface area contributed by atoms with Gasteiger partial charge in [0.2, 0.25) is 0 Å². The molecule has 0 fully saturated rings. The maximum absolute atomic E-state index is 12.8. The van der Waals surface area contributed by atoms with Crippen molar-refractivity contribution >= 4 is 28.9 Å². The zero-order valence-corrected chi connectivity index (χ0v) is 12.5. The average molecular weight is 324 g/mol. The third kappa shape index (κ3) is 4.29. The second-order valence-corrected chi connectivity index (χ2v) is 5.06. The lowest BCUT2D eigenvalue weighted by molar-refractivity contribution is 0.371. The van der Waals surface area contributed by atoms with Crippen LogP contribution in [0.25, 0.3) is 0 Å². The summed E-state index contributed by atoms with van der Waals surface area (Å²) in [7, 11) is 0. The van der Waals surface area contributed by atoms with Crippen LogP contribution in [-0.2, 0) is 6.54 Å². The van der Waals surface area contributed by atoms with E-state index in [-0.39, 0.29) is 12.4 Å². The van der Waals surface area contributed by atoms with Crippen molar-refractivity contribution in [1.29, 1.82) is 0 Å². The maximum atomic E-state index is 12.8. The first-order valence-corrected chi connectivity index (χ1v) is 6.89. The van der Waals surface area contributed by atoms with Gasteiger partial charge in [0.05, 0.1) is 10.0 Å². The van der Waals surface area contributed by atoms with Gasteiger partial charge >= 0.3 is 0 Å². The number of anilines is 1. The molecule has 0 aliphatic rings. The lowest BCUT2D eigenvalue weighted by Gasteiger charge is -2.11. The molecule has 2 aromatic rings. The summed E-state index contributed by atoms with van der Waals surface area (Å²) in [5.41, 5.74) is 1.68. The molecule has 0 aliphatic heterocycles. The fourth-order valence-electron chi connectivity index (χ4n) is 1.74. The van der Waals surface area contributed by atoms with Crippen LogP contribution in [0.1, 0.15) is 5.56 Å². The smallest absolute Gasteiger partial charge is 0.157 e. The Bertz CT molecular complexity index is 642. The van der Waals surface area contributed by atoms with E-state index in [9.17, 15) is 4.39 Å². The Hall–Kier alpha value is -1.89. The van der Waals surface area contributed by atoms with Crippen LogP contribution in [0.15, 0.2) is 36.4 Å². The molecule has 0 amide bonds. The number of benzene rings is 2. The Morgan fingerprint density at radius 3 is 2.33 bits per heavy atom. The second kappa shape index (κ2) is 7.21. The monoisotopic (exact) mass is 323 g/mol. The van der Waals surface area contributed by atoms with Gasteiger partial charge in [0.15, 0.2) is 5.75 Å². The zero-order chi connectivity index (χ0) is 15.2. The van der Waals surface area contributed by atoms with Crippen LogP contribution < -0.4 is 10.1 Å². The molecule has 2 nitrogen and oxygen atoms in total. The van der Waals surface area contributed by atoms with Crippen molar-refractivity contribution in [3.63, 3.8) is 0 Å². The summed E-state index contributed by atoms with van der Waals surface area (Å²) in [6, 6.07) is 9.58. The van der Waals surface area contributed by atoms with E-state index in [1.54, 1.807) is 24.3 Å². The topological polar surface area (TPSA) is 21.3 Å². The molecule has 0 aliphatic carbocycles. The van der Waals surface area contributed by atoms with E-state index in [4.69, 9.17) is 34.4 Å². The van der Waals surface area contributed by atoms with Crippen molar-refractivity contribution in [2.24, 2.45) is 0 Å². The molecular formula is C16H12Cl2FNO. The zero-order valence-electron chi connectivity index (χ0n) is 11.0. The molecule has 5 heteroatoms. The third-order valence-electron chi connectivity index (χ3n) is 2.70. The number of terminal acetylenes is 1. The molecule has 0 bridgehead atoms. The molecule has 108 valence electrons. The Kier molecular flexibility index (Phi) is 5.32. The molecule has 2 aromatic carbocycles. The van der Waals surface area contributed by atoms with E-state index < -0.39 is 0 Å². The van der Waals surface area contributed by atoms with E-state index in [0.29, 0.717) is 22.3 Å². The highest BCUT2D eigenvalue weighted by Crippen LogP contribution is 2.34. The highest BCUT2D eigenvalue weighted by molar-refractivity contribution is 6.37. The Labute approximate surface area is 132 Å². The lowest BCUT2D eigenvalue weighted by atomic mass is 10.2. The van der Waals surface area contributed by atoms with Crippen molar-refractivity contribution in [1.82, 2.24) is 0 Å². The minimum Gasteiger partial charge on any atom is -0.478 e. The fourth-order valence-corrected chi connectivity index (χ4v) is 2.38. The van der Waals surface area contributed by atoms with E-state index in [1.807, 2.05) is 0 Å². The molecular weight excluding hydrogens is 312 g/mol. The van der Waals surface area contributed by atoms with Crippen LogP contribution in [0.4, 0.5) is 10.1 Å². The molecule has 2 rings (SSSR count). The molecule has 0 atom stereocenters. The van der Waals surface area contributed by atoms with Gasteiger partial charge in [0.1, 0.15) is 12.4 Å². The van der Waals surface area contributed by atoms with Crippen LogP contribution in [0, 0.1) is 18.2 Å². The Morgan fingerprint density at radius 2 is 1.76 bits per heavy atom. The lowest BCUT2D eigenvalue weighted by Crippen LogP contribution is -2.01. The Morgan fingerprint density at radius 1 is 1.14 bits per heavy atom. The summed E-state index contributed by atoms with van der Waals surface area (Å²) in [5.74, 6) is 2.45. The van der Waals surface area contributed by atoms with Gasteiger partial charge in [-0.25, -0.2) is 4.39 Å². The SMILES string of the molecule is C#CCOc1c(Cl)cc(CNc2ccc(F)cc2)cc1Cl. The van der Waals surface area contributed by atoms with Crippen molar-refractivity contribution < 1.29 is 9.13 Å². The third-order valence-corrected chi connectivity index (χ3v) is 3.26. The summed E-state index contributed by atoms with van der Waals surface area (Å²) >= 11 is 12.2. The largest absolute Gasteiger partial charge is 0.478 e. The number of ether oxygens (including phenoxy) is 1. The summed E-state index contributed by atoms with van der Waals surface area (Å²) in [5, 5.41) is 3.94. The first-order chi connectivity index (χ1) is 10.1. The Balaban J connectivity index is 2.07. The van der Waals surface area contributed by atoms with Crippen molar-refractivity contribution in [2.45, 2.75) is 6.54 Å². The van der Waals surface area contributed by atoms with Gasteiger partial charge in [-0.3, -0.25) is 0 Å². The van der Waals surface area contributed by atoms with Crippen LogP contribution in [-0.4, -0.2) is 6.61 Å². The van der Waals surface area contributed by atoms with Gasteiger partial charge in [-0.2, -0.15) is 0 Å². The predicted octanol–water partition coefficient (Wildman–Crippen LogP) is 4.76. The molecule has 0 radical (unpaired) electrons. The molecule has 0 heterocycles. The number of halogens is 3. The second-order valence-electron chi connectivity index (χ2n) is 4.24. The number of hydrogen-bond donors (Lipinski definition) is 1. The summed E-state index contributed by atoms with van der Waals surface area (Å²) in [6.07, 6.45) is 5.13. The van der Waals surface area contributed by atoms with Gasteiger partial charge in [0, 0.05) is 12.2 Å². The fraction of sp³-hybridized carbons (Fsp3) is 0.125. The molecule has 0 saturated heterocycles. The predicted molar refractivity (Wildman–Crippen MR) is 84.5 cm³/mol. The first-order valence-electron chi connectivity index (χ1n) is 6.14. The standard InChI is InChI=1S/C16H12Cl2FNO/c1-2-7-21-16-14(17)8-11(9-15(16)18)10-20-13-5-3-12(19)4-6-13/h1,3-6,8-9,20H,7,10H2. The molecule has 0 saturated carbocycles.